The average molecular weight is 329 g/mol. The first-order valence-electron chi connectivity index (χ1n) is 8.11. The Morgan fingerprint density at radius 1 is 0.783 bits per heavy atom. The van der Waals surface area contributed by atoms with Crippen molar-refractivity contribution in [2.45, 2.75) is 86.2 Å². The van der Waals surface area contributed by atoms with Crippen LogP contribution in [-0.4, -0.2) is 23.0 Å². The molecule has 0 radical (unpaired) electrons. The highest BCUT2D eigenvalue weighted by atomic mass is 16.2. The number of carbonyl (C=O) groups excluding carboxylic acids is 2. The van der Waals surface area contributed by atoms with Gasteiger partial charge in [-0.1, -0.05) is 34.6 Å². The van der Waals surface area contributed by atoms with Gasteiger partial charge in [-0.05, 0) is 46.0 Å². The highest BCUT2D eigenvalue weighted by Crippen LogP contribution is 2.31. The molecule has 0 rings (SSSR count). The van der Waals surface area contributed by atoms with Gasteiger partial charge < -0.3 is 10.6 Å². The lowest BCUT2D eigenvalue weighted by Gasteiger charge is -2.39. The van der Waals surface area contributed by atoms with Crippen molar-refractivity contribution in [2.75, 3.05) is 0 Å². The van der Waals surface area contributed by atoms with Gasteiger partial charge in [-0.3, -0.25) is 10.2 Å². The van der Waals surface area contributed by atoms with Crippen molar-refractivity contribution in [2.24, 2.45) is 16.7 Å². The maximum atomic E-state index is 12.7. The van der Waals surface area contributed by atoms with E-state index in [2.05, 4.69) is 31.4 Å². The van der Waals surface area contributed by atoms with Crippen molar-refractivity contribution >= 4 is 11.9 Å². The van der Waals surface area contributed by atoms with Crippen LogP contribution in [0.3, 0.4) is 0 Å². The first kappa shape index (κ1) is 21.7. The lowest BCUT2D eigenvalue weighted by atomic mass is 9.77. The Morgan fingerprint density at radius 3 is 1.61 bits per heavy atom. The summed E-state index contributed by atoms with van der Waals surface area (Å²) < 4.78 is 0. The molecule has 0 spiro atoms. The molecule has 0 saturated heterocycles. The van der Waals surface area contributed by atoms with E-state index in [4.69, 9.17) is 5.84 Å². The first-order valence-corrected chi connectivity index (χ1v) is 8.11. The second-order valence-electron chi connectivity index (χ2n) is 9.62. The number of hydrogen-bond donors (Lipinski definition) is 4. The van der Waals surface area contributed by atoms with Crippen molar-refractivity contribution in [3.05, 3.63) is 0 Å². The summed E-state index contributed by atoms with van der Waals surface area (Å²) in [5.41, 5.74) is 0.701. The summed E-state index contributed by atoms with van der Waals surface area (Å²) in [5, 5.41) is 5.91. The van der Waals surface area contributed by atoms with Crippen molar-refractivity contribution in [3.8, 4) is 0 Å². The molecule has 0 aliphatic heterocycles. The van der Waals surface area contributed by atoms with Crippen LogP contribution in [0.1, 0.15) is 75.2 Å². The second-order valence-corrected chi connectivity index (χ2v) is 9.62. The minimum atomic E-state index is -0.624. The normalized spacial score (nSPS) is 13.5. The smallest absolute Gasteiger partial charge is 0.329 e. The number of amides is 3. The van der Waals surface area contributed by atoms with E-state index in [9.17, 15) is 9.59 Å². The van der Waals surface area contributed by atoms with E-state index in [1.54, 1.807) is 0 Å². The molecule has 3 amide bonds. The molecule has 0 aromatic heterocycles. The monoisotopic (exact) mass is 328 g/mol. The minimum absolute atomic E-state index is 0.0187. The van der Waals surface area contributed by atoms with Crippen LogP contribution >= 0.6 is 0 Å². The zero-order valence-corrected chi connectivity index (χ0v) is 16.3. The molecule has 0 aromatic rings. The van der Waals surface area contributed by atoms with E-state index in [0.29, 0.717) is 6.42 Å². The zero-order valence-electron chi connectivity index (χ0n) is 16.3. The molecular weight excluding hydrogens is 292 g/mol. The van der Waals surface area contributed by atoms with Crippen LogP contribution in [-0.2, 0) is 4.79 Å². The van der Waals surface area contributed by atoms with Crippen molar-refractivity contribution in [1.82, 2.24) is 16.1 Å². The zero-order chi connectivity index (χ0) is 18.7. The summed E-state index contributed by atoms with van der Waals surface area (Å²) in [5.74, 6) is 5.08. The molecule has 0 aliphatic rings. The second kappa shape index (κ2) is 7.07. The predicted octanol–water partition coefficient (Wildman–Crippen LogP) is 2.69. The molecule has 0 unspecified atom stereocenters. The summed E-state index contributed by atoms with van der Waals surface area (Å²) in [6, 6.07) is -0.459. The van der Waals surface area contributed by atoms with Gasteiger partial charge in [0, 0.05) is 16.5 Å². The van der Waals surface area contributed by atoms with Gasteiger partial charge in [-0.2, -0.15) is 0 Å². The van der Waals surface area contributed by atoms with E-state index in [0.717, 1.165) is 6.42 Å². The Bertz CT molecular complexity index is 434. The maximum Gasteiger partial charge on any atom is 0.329 e. The lowest BCUT2D eigenvalue weighted by molar-refractivity contribution is -0.132. The van der Waals surface area contributed by atoms with Crippen LogP contribution in [0.4, 0.5) is 4.79 Å². The van der Waals surface area contributed by atoms with E-state index >= 15 is 0 Å². The number of hydrogen-bond acceptors (Lipinski definition) is 3. The van der Waals surface area contributed by atoms with Crippen LogP contribution in [0.5, 0.6) is 0 Å². The van der Waals surface area contributed by atoms with Gasteiger partial charge in [0.1, 0.15) is 0 Å². The number of nitrogens with two attached hydrogens (primary N) is 1. The molecule has 0 aromatic carbocycles. The lowest BCUT2D eigenvalue weighted by Crippen LogP contribution is -2.55. The molecule has 6 heteroatoms. The minimum Gasteiger partial charge on any atom is -0.351 e. The van der Waals surface area contributed by atoms with Crippen molar-refractivity contribution < 1.29 is 9.59 Å². The molecule has 0 aliphatic carbocycles. The van der Waals surface area contributed by atoms with E-state index in [1.807, 2.05) is 47.0 Å². The fourth-order valence-corrected chi connectivity index (χ4v) is 3.42. The standard InChI is InChI=1S/C17H36N4O2/c1-14(2,3)10-16(6,7)19-12(22)15(4,5)11-17(8,9)20-13(23)21-18/h10-11,18H2,1-9H3,(H,19,22)(H2,20,21,23). The summed E-state index contributed by atoms with van der Waals surface area (Å²) in [4.78, 5) is 24.2. The molecule has 0 heterocycles. The van der Waals surface area contributed by atoms with Crippen LogP contribution in [0.25, 0.3) is 0 Å². The van der Waals surface area contributed by atoms with E-state index < -0.39 is 17.0 Å². The number of rotatable bonds is 6. The van der Waals surface area contributed by atoms with Crippen molar-refractivity contribution in [1.29, 1.82) is 0 Å². The number of urea groups is 1. The Morgan fingerprint density at radius 2 is 1.22 bits per heavy atom. The summed E-state index contributed by atoms with van der Waals surface area (Å²) in [6.07, 6.45) is 1.36. The van der Waals surface area contributed by atoms with Gasteiger partial charge in [0.05, 0.1) is 0 Å². The molecule has 0 fully saturated rings. The summed E-state index contributed by atoms with van der Waals surface area (Å²) in [6.45, 7) is 18.1. The predicted molar refractivity (Wildman–Crippen MR) is 94.6 cm³/mol. The number of hydrazine groups is 1. The van der Waals surface area contributed by atoms with Gasteiger partial charge in [0.25, 0.3) is 0 Å². The Kier molecular flexibility index (Phi) is 6.67. The van der Waals surface area contributed by atoms with Gasteiger partial charge >= 0.3 is 6.03 Å². The molecule has 0 atom stereocenters. The summed E-state index contributed by atoms with van der Waals surface area (Å²) >= 11 is 0. The van der Waals surface area contributed by atoms with Gasteiger partial charge in [0.15, 0.2) is 0 Å². The quantitative estimate of drug-likeness (QED) is 0.343. The fourth-order valence-electron chi connectivity index (χ4n) is 3.42. The highest BCUT2D eigenvalue weighted by molar-refractivity contribution is 5.82. The topological polar surface area (TPSA) is 96.2 Å². The molecular formula is C17H36N4O2. The molecule has 136 valence electrons. The van der Waals surface area contributed by atoms with Gasteiger partial charge in [-0.15, -0.1) is 0 Å². The third-order valence-corrected chi connectivity index (χ3v) is 3.51. The van der Waals surface area contributed by atoms with Crippen molar-refractivity contribution in [3.63, 3.8) is 0 Å². The number of carbonyl (C=O) groups is 2. The van der Waals surface area contributed by atoms with Crippen LogP contribution in [0.2, 0.25) is 0 Å². The third-order valence-electron chi connectivity index (χ3n) is 3.51. The average Bonchev–Trinajstić information content (AvgIpc) is 2.21. The molecule has 6 nitrogen and oxygen atoms in total. The molecule has 5 N–H and O–H groups in total. The number of nitrogens with one attached hydrogen (secondary N) is 3. The van der Waals surface area contributed by atoms with Crippen LogP contribution < -0.4 is 21.9 Å². The Labute approximate surface area is 141 Å². The Balaban J connectivity index is 4.93. The molecule has 0 saturated carbocycles. The van der Waals surface area contributed by atoms with Gasteiger partial charge in [-0.25, -0.2) is 10.6 Å². The Hall–Kier alpha value is -1.30. The largest absolute Gasteiger partial charge is 0.351 e. The first-order chi connectivity index (χ1) is 10.00. The highest BCUT2D eigenvalue weighted by Gasteiger charge is 2.38. The fraction of sp³-hybridized carbons (Fsp3) is 0.882. The summed E-state index contributed by atoms with van der Waals surface area (Å²) in [7, 11) is 0. The van der Waals surface area contributed by atoms with Crippen LogP contribution in [0, 0.1) is 10.8 Å². The SMILES string of the molecule is CC(C)(C)CC(C)(C)NC(=O)C(C)(C)CC(C)(C)NC(=O)NN. The van der Waals surface area contributed by atoms with E-state index in [1.165, 1.54) is 0 Å². The molecule has 0 bridgehead atoms. The van der Waals surface area contributed by atoms with Gasteiger partial charge in [0.2, 0.25) is 5.91 Å². The maximum absolute atomic E-state index is 12.7. The molecule has 23 heavy (non-hydrogen) atoms. The van der Waals surface area contributed by atoms with E-state index in [-0.39, 0.29) is 16.9 Å². The van der Waals surface area contributed by atoms with Crippen LogP contribution in [0.15, 0.2) is 0 Å². The third kappa shape index (κ3) is 8.79.